The maximum Gasteiger partial charge on any atom is 0.140 e. The molecule has 1 saturated heterocycles. The van der Waals surface area contributed by atoms with E-state index in [2.05, 4.69) is 16.0 Å². The Bertz CT molecular complexity index is 1310. The van der Waals surface area contributed by atoms with Crippen molar-refractivity contribution in [3.63, 3.8) is 0 Å². The van der Waals surface area contributed by atoms with E-state index in [1.54, 1.807) is 0 Å². The highest BCUT2D eigenvalue weighted by atomic mass is 32.1. The minimum atomic E-state index is 0.0462. The fraction of sp³-hybridized carbons (Fsp3) is 0.185. The summed E-state index contributed by atoms with van der Waals surface area (Å²) in [7, 11) is 0. The Balaban J connectivity index is 1.10. The molecule has 2 atom stereocenters. The Kier molecular flexibility index (Phi) is 7.61. The van der Waals surface area contributed by atoms with Crippen LogP contribution >= 0.6 is 22.7 Å². The molecular weight excluding hydrogens is 490 g/mol. The maximum absolute atomic E-state index is 8.22. The lowest BCUT2D eigenvalue weighted by Gasteiger charge is -2.15. The minimum absolute atomic E-state index is 0.0462. The average Bonchev–Trinajstić information content (AvgIpc) is 3.67. The van der Waals surface area contributed by atoms with Crippen molar-refractivity contribution in [2.75, 3.05) is 23.8 Å². The molecule has 0 radical (unpaired) electrons. The lowest BCUT2D eigenvalue weighted by molar-refractivity contribution is 0.211. The van der Waals surface area contributed by atoms with Crippen LogP contribution in [0.4, 0.5) is 11.4 Å². The van der Waals surface area contributed by atoms with Crippen LogP contribution in [-0.2, 0) is 0 Å². The lowest BCUT2D eigenvalue weighted by Crippen LogP contribution is -2.28. The highest BCUT2D eigenvalue weighted by Gasteiger charge is 2.26. The SMILES string of the molecule is N=C(Nc1cccc(OC[C@@H]2C[C@@H](Oc3cccc(NC(=N)c4cccs4)c3)CN2)c1)c1cccs1. The van der Waals surface area contributed by atoms with Crippen LogP contribution in [-0.4, -0.2) is 37.0 Å². The van der Waals surface area contributed by atoms with Gasteiger partial charge in [0, 0.05) is 42.5 Å². The molecule has 0 aliphatic carbocycles. The second-order valence-electron chi connectivity index (χ2n) is 8.40. The number of hydrogen-bond donors (Lipinski definition) is 5. The molecule has 5 N–H and O–H groups in total. The Labute approximate surface area is 218 Å². The summed E-state index contributed by atoms with van der Waals surface area (Å²) in [5.41, 5.74) is 1.66. The van der Waals surface area contributed by atoms with Crippen LogP contribution in [0.25, 0.3) is 0 Å². The van der Waals surface area contributed by atoms with Crippen molar-refractivity contribution in [3.05, 3.63) is 93.3 Å². The summed E-state index contributed by atoms with van der Waals surface area (Å²) in [6, 6.07) is 23.3. The Morgan fingerprint density at radius 1 is 0.833 bits per heavy atom. The standard InChI is InChI=1S/C27H27N5O2S2/c28-26(24-9-3-11-35-24)31-18-5-1-7-21(13-18)33-17-20-15-23(16-30-20)34-22-8-2-6-19(14-22)32-27(29)25-10-4-12-36-25/h1-14,20,23,30H,15-17H2,(H2,28,31)(H2,29,32)/t20-,23+/m0/s1. The van der Waals surface area contributed by atoms with Gasteiger partial charge in [0.1, 0.15) is 35.9 Å². The molecule has 1 fully saturated rings. The molecule has 3 heterocycles. The number of nitrogens with one attached hydrogen (secondary N) is 5. The van der Waals surface area contributed by atoms with Crippen LogP contribution in [0.2, 0.25) is 0 Å². The molecule has 1 aliphatic rings. The quantitative estimate of drug-likeness (QED) is 0.141. The van der Waals surface area contributed by atoms with Crippen molar-refractivity contribution in [1.29, 1.82) is 10.8 Å². The van der Waals surface area contributed by atoms with Crippen molar-refractivity contribution >= 4 is 45.7 Å². The van der Waals surface area contributed by atoms with E-state index in [-0.39, 0.29) is 12.1 Å². The van der Waals surface area contributed by atoms with E-state index in [9.17, 15) is 0 Å². The van der Waals surface area contributed by atoms with E-state index in [0.29, 0.717) is 18.3 Å². The van der Waals surface area contributed by atoms with Crippen LogP contribution in [0.1, 0.15) is 16.2 Å². The number of benzene rings is 2. The van der Waals surface area contributed by atoms with Crippen LogP contribution in [0, 0.1) is 10.8 Å². The van der Waals surface area contributed by atoms with Gasteiger partial charge in [-0.2, -0.15) is 0 Å². The first-order valence-electron chi connectivity index (χ1n) is 11.6. The van der Waals surface area contributed by atoms with Crippen LogP contribution in [0.15, 0.2) is 83.6 Å². The zero-order chi connectivity index (χ0) is 24.7. The first-order chi connectivity index (χ1) is 17.6. The Hall–Kier alpha value is -3.66. The summed E-state index contributed by atoms with van der Waals surface area (Å²) in [5.74, 6) is 2.29. The average molecular weight is 518 g/mol. The number of thiophene rings is 2. The van der Waals surface area contributed by atoms with Crippen molar-refractivity contribution in [2.24, 2.45) is 0 Å². The monoisotopic (exact) mass is 517 g/mol. The maximum atomic E-state index is 8.22. The highest BCUT2D eigenvalue weighted by Crippen LogP contribution is 2.24. The lowest BCUT2D eigenvalue weighted by atomic mass is 10.2. The zero-order valence-corrected chi connectivity index (χ0v) is 21.1. The van der Waals surface area contributed by atoms with Gasteiger partial charge in [-0.05, 0) is 47.2 Å². The first kappa shape index (κ1) is 24.1. The van der Waals surface area contributed by atoms with Gasteiger partial charge in [0.15, 0.2) is 0 Å². The topological polar surface area (TPSA) is 102 Å². The Morgan fingerprint density at radius 3 is 2.06 bits per heavy atom. The molecule has 36 heavy (non-hydrogen) atoms. The van der Waals surface area contributed by atoms with E-state index >= 15 is 0 Å². The fourth-order valence-corrected chi connectivity index (χ4v) is 5.21. The molecule has 0 amide bonds. The van der Waals surface area contributed by atoms with E-state index in [1.807, 2.05) is 83.6 Å². The van der Waals surface area contributed by atoms with Gasteiger partial charge in [0.2, 0.25) is 0 Å². The number of ether oxygens (including phenoxy) is 2. The predicted octanol–water partition coefficient (Wildman–Crippen LogP) is 5.87. The van der Waals surface area contributed by atoms with E-state index in [0.717, 1.165) is 45.6 Å². The fourth-order valence-electron chi connectivity index (χ4n) is 3.95. The molecular formula is C27H27N5O2S2. The first-order valence-corrected chi connectivity index (χ1v) is 13.4. The molecule has 1 aliphatic heterocycles. The van der Waals surface area contributed by atoms with Crippen molar-refractivity contribution in [2.45, 2.75) is 18.6 Å². The molecule has 0 saturated carbocycles. The molecule has 9 heteroatoms. The normalized spacial score (nSPS) is 16.9. The largest absolute Gasteiger partial charge is 0.492 e. The summed E-state index contributed by atoms with van der Waals surface area (Å²) >= 11 is 3.07. The van der Waals surface area contributed by atoms with Gasteiger partial charge in [-0.1, -0.05) is 24.3 Å². The van der Waals surface area contributed by atoms with Gasteiger partial charge >= 0.3 is 0 Å². The summed E-state index contributed by atoms with van der Waals surface area (Å²) in [4.78, 5) is 1.79. The molecule has 0 spiro atoms. The second-order valence-corrected chi connectivity index (χ2v) is 10.3. The molecule has 0 bridgehead atoms. The summed E-state index contributed by atoms with van der Waals surface area (Å²) in [6.45, 7) is 1.28. The van der Waals surface area contributed by atoms with Gasteiger partial charge in [0.25, 0.3) is 0 Å². The number of anilines is 2. The van der Waals surface area contributed by atoms with Gasteiger partial charge in [0.05, 0.1) is 9.75 Å². The van der Waals surface area contributed by atoms with Crippen molar-refractivity contribution in [3.8, 4) is 11.5 Å². The smallest absolute Gasteiger partial charge is 0.140 e. The molecule has 2 aromatic heterocycles. The van der Waals surface area contributed by atoms with Crippen molar-refractivity contribution < 1.29 is 9.47 Å². The molecule has 184 valence electrons. The molecule has 4 aromatic rings. The molecule has 2 aromatic carbocycles. The van der Waals surface area contributed by atoms with E-state index in [1.165, 1.54) is 22.7 Å². The highest BCUT2D eigenvalue weighted by molar-refractivity contribution is 7.12. The van der Waals surface area contributed by atoms with Crippen molar-refractivity contribution in [1.82, 2.24) is 5.32 Å². The van der Waals surface area contributed by atoms with Crippen LogP contribution < -0.4 is 25.4 Å². The number of amidine groups is 2. The Morgan fingerprint density at radius 2 is 1.44 bits per heavy atom. The van der Waals surface area contributed by atoms with Gasteiger partial charge in [-0.15, -0.1) is 22.7 Å². The van der Waals surface area contributed by atoms with Gasteiger partial charge in [-0.25, -0.2) is 0 Å². The molecule has 0 unspecified atom stereocenters. The van der Waals surface area contributed by atoms with Gasteiger partial charge < -0.3 is 25.4 Å². The van der Waals surface area contributed by atoms with Gasteiger partial charge in [-0.3, -0.25) is 10.8 Å². The summed E-state index contributed by atoms with van der Waals surface area (Å²) < 4.78 is 12.3. The minimum Gasteiger partial charge on any atom is -0.492 e. The molecule has 5 rings (SSSR count). The predicted molar refractivity (Wildman–Crippen MR) is 149 cm³/mol. The molecule has 7 nitrogen and oxygen atoms in total. The summed E-state index contributed by atoms with van der Waals surface area (Å²) in [6.07, 6.45) is 0.883. The second kappa shape index (κ2) is 11.4. The third-order valence-corrected chi connectivity index (χ3v) is 7.45. The van der Waals surface area contributed by atoms with Crippen LogP contribution in [0.3, 0.4) is 0 Å². The number of rotatable bonds is 9. The number of hydrogen-bond acceptors (Lipinski definition) is 7. The van der Waals surface area contributed by atoms with E-state index < -0.39 is 0 Å². The van der Waals surface area contributed by atoms with Crippen LogP contribution in [0.5, 0.6) is 11.5 Å². The van der Waals surface area contributed by atoms with E-state index in [4.69, 9.17) is 20.3 Å². The third kappa shape index (κ3) is 6.31. The zero-order valence-electron chi connectivity index (χ0n) is 19.5. The third-order valence-electron chi connectivity index (χ3n) is 5.68. The summed E-state index contributed by atoms with van der Waals surface area (Å²) in [5, 5.41) is 30.1.